The fourth-order valence-electron chi connectivity index (χ4n) is 1.53. The van der Waals surface area contributed by atoms with Crippen LogP contribution in [-0.2, 0) is 5.41 Å². The van der Waals surface area contributed by atoms with Gasteiger partial charge in [0.1, 0.15) is 5.82 Å². The molecule has 0 amide bonds. The van der Waals surface area contributed by atoms with Gasteiger partial charge in [0.05, 0.1) is 5.69 Å². The number of nitrogen functional groups attached to an aromatic ring is 1. The summed E-state index contributed by atoms with van der Waals surface area (Å²) in [6, 6.07) is 5.65. The third-order valence-corrected chi connectivity index (χ3v) is 2.56. The van der Waals surface area contributed by atoms with E-state index in [1.807, 2.05) is 18.2 Å². The Morgan fingerprint density at radius 3 is 2.56 bits per heavy atom. The van der Waals surface area contributed by atoms with E-state index in [4.69, 9.17) is 5.84 Å². The molecule has 0 aliphatic carbocycles. The Kier molecular flexibility index (Phi) is 3.25. The van der Waals surface area contributed by atoms with Gasteiger partial charge >= 0.3 is 0 Å². The second-order valence-electron chi connectivity index (χ2n) is 5.10. The van der Waals surface area contributed by atoms with E-state index < -0.39 is 0 Å². The van der Waals surface area contributed by atoms with Gasteiger partial charge in [-0.1, -0.05) is 20.8 Å². The summed E-state index contributed by atoms with van der Waals surface area (Å²) in [7, 11) is 0. The first-order valence-corrected chi connectivity index (χ1v) is 5.77. The van der Waals surface area contributed by atoms with Gasteiger partial charge in [-0.3, -0.25) is 4.98 Å². The van der Waals surface area contributed by atoms with E-state index >= 15 is 0 Å². The molecule has 18 heavy (non-hydrogen) atoms. The summed E-state index contributed by atoms with van der Waals surface area (Å²) < 4.78 is 0. The zero-order chi connectivity index (χ0) is 13.2. The molecule has 0 aliphatic heterocycles. The number of nitrogens with zero attached hydrogens (tertiary/aromatic N) is 3. The summed E-state index contributed by atoms with van der Waals surface area (Å²) in [5.74, 6) is 6.69. The van der Waals surface area contributed by atoms with E-state index in [2.05, 4.69) is 41.1 Å². The number of anilines is 1. The number of nitrogens with two attached hydrogens (primary N) is 1. The number of hydrazine groups is 1. The van der Waals surface area contributed by atoms with Crippen molar-refractivity contribution in [3.63, 3.8) is 0 Å². The number of nitrogens with one attached hydrogen (secondary N) is 1. The van der Waals surface area contributed by atoms with Crippen LogP contribution in [-0.4, -0.2) is 15.0 Å². The van der Waals surface area contributed by atoms with Gasteiger partial charge in [-0.2, -0.15) is 0 Å². The monoisotopic (exact) mass is 243 g/mol. The van der Waals surface area contributed by atoms with Crippen molar-refractivity contribution in [2.75, 3.05) is 5.43 Å². The van der Waals surface area contributed by atoms with Crippen LogP contribution in [0.5, 0.6) is 0 Å². The highest BCUT2D eigenvalue weighted by Gasteiger charge is 2.18. The molecule has 5 nitrogen and oxygen atoms in total. The minimum Gasteiger partial charge on any atom is -0.308 e. The molecule has 0 saturated carbocycles. The number of hydrogen-bond donors (Lipinski definition) is 2. The normalized spacial score (nSPS) is 11.3. The van der Waals surface area contributed by atoms with Crippen molar-refractivity contribution >= 4 is 5.82 Å². The van der Waals surface area contributed by atoms with Gasteiger partial charge in [-0.25, -0.2) is 15.8 Å². The Balaban J connectivity index is 2.55. The van der Waals surface area contributed by atoms with Gasteiger partial charge in [0.15, 0.2) is 5.82 Å². The second kappa shape index (κ2) is 4.70. The van der Waals surface area contributed by atoms with Gasteiger partial charge in [0, 0.05) is 29.4 Å². The van der Waals surface area contributed by atoms with Gasteiger partial charge < -0.3 is 5.43 Å². The van der Waals surface area contributed by atoms with E-state index in [9.17, 15) is 0 Å². The average Bonchev–Trinajstić information content (AvgIpc) is 2.38. The topological polar surface area (TPSA) is 76.7 Å². The molecule has 0 fully saturated rings. The first kappa shape index (κ1) is 12.4. The van der Waals surface area contributed by atoms with Crippen molar-refractivity contribution in [2.45, 2.75) is 26.2 Å². The molecule has 2 aromatic heterocycles. The van der Waals surface area contributed by atoms with Crippen LogP contribution in [0.2, 0.25) is 0 Å². The van der Waals surface area contributed by atoms with Crippen LogP contribution >= 0.6 is 0 Å². The second-order valence-corrected chi connectivity index (χ2v) is 5.10. The van der Waals surface area contributed by atoms with Crippen molar-refractivity contribution in [3.8, 4) is 11.4 Å². The maximum absolute atomic E-state index is 5.45. The predicted molar refractivity (Wildman–Crippen MR) is 71.8 cm³/mol. The summed E-state index contributed by atoms with van der Waals surface area (Å²) in [5, 5.41) is 0. The molecule has 0 bridgehead atoms. The molecule has 0 spiro atoms. The quantitative estimate of drug-likeness (QED) is 0.624. The van der Waals surface area contributed by atoms with Gasteiger partial charge in [0.25, 0.3) is 0 Å². The molecule has 0 aromatic carbocycles. The zero-order valence-electron chi connectivity index (χ0n) is 10.8. The largest absolute Gasteiger partial charge is 0.308 e. The Morgan fingerprint density at radius 1 is 1.22 bits per heavy atom. The fraction of sp³-hybridized carbons (Fsp3) is 0.308. The predicted octanol–water partition coefficient (Wildman–Crippen LogP) is 2.12. The van der Waals surface area contributed by atoms with E-state index in [0.29, 0.717) is 11.6 Å². The van der Waals surface area contributed by atoms with Gasteiger partial charge in [-0.05, 0) is 12.1 Å². The molecule has 0 atom stereocenters. The average molecular weight is 243 g/mol. The number of rotatable bonds is 2. The molecule has 2 aromatic rings. The lowest BCUT2D eigenvalue weighted by Crippen LogP contribution is -2.17. The molecular weight excluding hydrogens is 226 g/mol. The van der Waals surface area contributed by atoms with Gasteiger partial charge in [-0.15, -0.1) is 0 Å². The minimum atomic E-state index is -0.0640. The Labute approximate surface area is 106 Å². The lowest BCUT2D eigenvalue weighted by molar-refractivity contribution is 0.568. The molecule has 0 unspecified atom stereocenters. The van der Waals surface area contributed by atoms with Crippen LogP contribution in [0.1, 0.15) is 26.5 Å². The lowest BCUT2D eigenvalue weighted by Gasteiger charge is -2.19. The van der Waals surface area contributed by atoms with Crippen molar-refractivity contribution in [1.82, 2.24) is 15.0 Å². The Bertz CT molecular complexity index is 531. The van der Waals surface area contributed by atoms with E-state index in [1.54, 1.807) is 12.4 Å². The Morgan fingerprint density at radius 2 is 2.00 bits per heavy atom. The molecule has 5 heteroatoms. The van der Waals surface area contributed by atoms with Crippen molar-refractivity contribution < 1.29 is 0 Å². The van der Waals surface area contributed by atoms with E-state index in [0.717, 1.165) is 11.3 Å². The van der Waals surface area contributed by atoms with Crippen LogP contribution in [0.25, 0.3) is 11.4 Å². The number of hydrogen-bond acceptors (Lipinski definition) is 5. The fourth-order valence-corrected chi connectivity index (χ4v) is 1.53. The third kappa shape index (κ3) is 2.62. The first-order valence-electron chi connectivity index (χ1n) is 5.77. The van der Waals surface area contributed by atoms with Crippen molar-refractivity contribution in [1.29, 1.82) is 0 Å². The van der Waals surface area contributed by atoms with Crippen molar-refractivity contribution in [2.24, 2.45) is 5.84 Å². The zero-order valence-corrected chi connectivity index (χ0v) is 10.8. The summed E-state index contributed by atoms with van der Waals surface area (Å²) in [5.41, 5.74) is 4.32. The molecule has 3 N–H and O–H groups in total. The molecule has 2 rings (SSSR count). The molecule has 0 saturated heterocycles. The molecule has 2 heterocycles. The number of pyridine rings is 1. The highest BCUT2D eigenvalue weighted by molar-refractivity contribution is 5.56. The highest BCUT2D eigenvalue weighted by Crippen LogP contribution is 2.25. The summed E-state index contributed by atoms with van der Waals surface area (Å²) >= 11 is 0. The van der Waals surface area contributed by atoms with E-state index in [-0.39, 0.29) is 5.41 Å². The lowest BCUT2D eigenvalue weighted by atomic mass is 9.92. The van der Waals surface area contributed by atoms with Crippen LogP contribution in [0.3, 0.4) is 0 Å². The van der Waals surface area contributed by atoms with Crippen LogP contribution in [0, 0.1) is 0 Å². The van der Waals surface area contributed by atoms with Gasteiger partial charge in [0.2, 0.25) is 0 Å². The highest BCUT2D eigenvalue weighted by atomic mass is 15.3. The molecule has 0 aliphatic rings. The maximum Gasteiger partial charge on any atom is 0.163 e. The maximum atomic E-state index is 5.45. The molecule has 94 valence electrons. The Hall–Kier alpha value is -2.01. The summed E-state index contributed by atoms with van der Waals surface area (Å²) in [6.07, 6.45) is 3.46. The standard InChI is InChI=1S/C13H17N5/c1-13(2,3)10-7-11(18-14)17-12(16-10)9-5-4-6-15-8-9/h4-8H,14H2,1-3H3,(H,16,17,18). The molecular formula is C13H17N5. The van der Waals surface area contributed by atoms with Crippen molar-refractivity contribution in [3.05, 3.63) is 36.3 Å². The smallest absolute Gasteiger partial charge is 0.163 e. The van der Waals surface area contributed by atoms with Crippen LogP contribution < -0.4 is 11.3 Å². The van der Waals surface area contributed by atoms with Crippen LogP contribution in [0.4, 0.5) is 5.82 Å². The first-order chi connectivity index (χ1) is 8.50. The molecule has 0 radical (unpaired) electrons. The SMILES string of the molecule is CC(C)(C)c1cc(NN)nc(-c2cccnc2)n1. The van der Waals surface area contributed by atoms with Crippen LogP contribution in [0.15, 0.2) is 30.6 Å². The summed E-state index contributed by atoms with van der Waals surface area (Å²) in [6.45, 7) is 6.30. The van der Waals surface area contributed by atoms with E-state index in [1.165, 1.54) is 0 Å². The third-order valence-electron chi connectivity index (χ3n) is 2.56. The summed E-state index contributed by atoms with van der Waals surface area (Å²) in [4.78, 5) is 13.0. The number of aromatic nitrogens is 3. The minimum absolute atomic E-state index is 0.0640.